The van der Waals surface area contributed by atoms with Gasteiger partial charge in [0, 0.05) is 18.7 Å². The maximum atomic E-state index is 12.9. The molecule has 0 atom stereocenters. The molecule has 0 saturated carbocycles. The van der Waals surface area contributed by atoms with Gasteiger partial charge in [-0.3, -0.25) is 9.69 Å². The number of hydrogen-bond donors (Lipinski definition) is 0. The number of fused-ring (bicyclic) bond motifs is 4. The van der Waals surface area contributed by atoms with E-state index in [0.717, 1.165) is 40.3 Å². The summed E-state index contributed by atoms with van der Waals surface area (Å²) < 4.78 is 10.5. The minimum Gasteiger partial charge on any atom is -0.308 e. The van der Waals surface area contributed by atoms with Crippen molar-refractivity contribution in [1.29, 1.82) is 0 Å². The molecule has 0 fully saturated rings. The van der Waals surface area contributed by atoms with E-state index in [1.807, 2.05) is 30.3 Å². The summed E-state index contributed by atoms with van der Waals surface area (Å²) in [6.07, 6.45) is 0. The van der Waals surface area contributed by atoms with E-state index in [9.17, 15) is 4.79 Å². The maximum absolute atomic E-state index is 12.9. The predicted octanol–water partition coefficient (Wildman–Crippen LogP) is 2.70. The van der Waals surface area contributed by atoms with Gasteiger partial charge in [-0.15, -0.1) is 0 Å². The second-order valence-electron chi connectivity index (χ2n) is 5.48. The lowest BCUT2D eigenvalue weighted by molar-refractivity contribution is 0.0989. The van der Waals surface area contributed by atoms with Crippen molar-refractivity contribution >= 4 is 45.7 Å². The van der Waals surface area contributed by atoms with Crippen LogP contribution in [0.3, 0.4) is 0 Å². The van der Waals surface area contributed by atoms with Gasteiger partial charge in [-0.05, 0) is 30.3 Å². The molecule has 0 aliphatic carbocycles. The Hall–Kier alpha value is -2.80. The summed E-state index contributed by atoms with van der Waals surface area (Å²) >= 11 is 1.16. The van der Waals surface area contributed by atoms with E-state index in [1.165, 1.54) is 0 Å². The van der Waals surface area contributed by atoms with Crippen LogP contribution in [0.15, 0.2) is 42.5 Å². The third-order valence-electron chi connectivity index (χ3n) is 4.17. The molecule has 0 N–H and O–H groups in total. The maximum Gasteiger partial charge on any atom is 0.260 e. The highest BCUT2D eigenvalue weighted by atomic mass is 32.1. The van der Waals surface area contributed by atoms with Gasteiger partial charge in [0.1, 0.15) is 11.0 Å². The van der Waals surface area contributed by atoms with Crippen LogP contribution in [-0.4, -0.2) is 30.8 Å². The van der Waals surface area contributed by atoms with E-state index in [-0.39, 0.29) is 5.91 Å². The van der Waals surface area contributed by atoms with E-state index in [1.54, 1.807) is 17.0 Å². The Balaban J connectivity index is 1.59. The molecule has 2 aromatic heterocycles. The largest absolute Gasteiger partial charge is 0.308 e. The number of imidazole rings is 1. The van der Waals surface area contributed by atoms with Crippen LogP contribution in [0.2, 0.25) is 0 Å². The van der Waals surface area contributed by atoms with Crippen LogP contribution in [0, 0.1) is 0 Å². The smallest absolute Gasteiger partial charge is 0.260 e. The Morgan fingerprint density at radius 2 is 1.87 bits per heavy atom. The van der Waals surface area contributed by atoms with Gasteiger partial charge in [-0.2, -0.15) is 8.75 Å². The Morgan fingerprint density at radius 3 is 2.83 bits per heavy atom. The molecule has 0 saturated heterocycles. The monoisotopic (exact) mass is 321 g/mol. The second kappa shape index (κ2) is 4.60. The van der Waals surface area contributed by atoms with Gasteiger partial charge in [0.25, 0.3) is 5.91 Å². The van der Waals surface area contributed by atoms with Crippen molar-refractivity contribution in [2.45, 2.75) is 6.54 Å². The van der Waals surface area contributed by atoms with Crippen LogP contribution >= 0.6 is 11.7 Å². The molecule has 1 amide bonds. The number of nitrogens with zero attached hydrogens (tertiary/aromatic N) is 5. The van der Waals surface area contributed by atoms with Gasteiger partial charge < -0.3 is 4.57 Å². The first-order valence-corrected chi connectivity index (χ1v) is 8.04. The lowest BCUT2D eigenvalue weighted by Crippen LogP contribution is -2.29. The molecule has 1 aliphatic heterocycles. The van der Waals surface area contributed by atoms with Crippen LogP contribution in [-0.2, 0) is 6.54 Å². The van der Waals surface area contributed by atoms with Gasteiger partial charge in [0.2, 0.25) is 5.95 Å². The van der Waals surface area contributed by atoms with Crippen molar-refractivity contribution < 1.29 is 4.79 Å². The highest BCUT2D eigenvalue weighted by Gasteiger charge is 2.29. The van der Waals surface area contributed by atoms with Crippen LogP contribution in [0.5, 0.6) is 0 Å². The number of rotatable bonds is 1. The molecule has 2 aromatic carbocycles. The normalized spacial score (nSPS) is 13.8. The van der Waals surface area contributed by atoms with Gasteiger partial charge >= 0.3 is 0 Å². The summed E-state index contributed by atoms with van der Waals surface area (Å²) in [5.74, 6) is 0.668. The molecule has 0 radical (unpaired) electrons. The summed E-state index contributed by atoms with van der Waals surface area (Å²) in [7, 11) is 0. The fraction of sp³-hybridized carbons (Fsp3) is 0.125. The first kappa shape index (κ1) is 12.7. The molecule has 6 nitrogen and oxygen atoms in total. The van der Waals surface area contributed by atoms with Crippen LogP contribution in [0.4, 0.5) is 5.95 Å². The first-order valence-electron chi connectivity index (χ1n) is 7.31. The third-order valence-corrected chi connectivity index (χ3v) is 4.73. The third kappa shape index (κ3) is 1.80. The van der Waals surface area contributed by atoms with E-state index >= 15 is 0 Å². The highest BCUT2D eigenvalue weighted by molar-refractivity contribution is 7.00. The molecule has 3 heterocycles. The summed E-state index contributed by atoms with van der Waals surface area (Å²) in [5.41, 5.74) is 4.18. The number of amides is 1. The number of hydrogen-bond acceptors (Lipinski definition) is 5. The van der Waals surface area contributed by atoms with Crippen LogP contribution < -0.4 is 4.90 Å². The zero-order valence-corrected chi connectivity index (χ0v) is 12.8. The Bertz CT molecular complexity index is 1070. The van der Waals surface area contributed by atoms with Crippen molar-refractivity contribution in [2.24, 2.45) is 0 Å². The fourth-order valence-electron chi connectivity index (χ4n) is 3.05. The van der Waals surface area contributed by atoms with Gasteiger partial charge in [-0.25, -0.2) is 4.98 Å². The number of carbonyl (C=O) groups excluding carboxylic acids is 1. The topological polar surface area (TPSA) is 63.9 Å². The fourth-order valence-corrected chi connectivity index (χ4v) is 3.57. The van der Waals surface area contributed by atoms with Crippen molar-refractivity contribution in [2.75, 3.05) is 11.4 Å². The number of aromatic nitrogens is 4. The van der Waals surface area contributed by atoms with Gasteiger partial charge in [0.15, 0.2) is 0 Å². The summed E-state index contributed by atoms with van der Waals surface area (Å²) in [6.45, 7) is 1.40. The SMILES string of the molecule is O=C(c1ccc2nsnc2c1)N1CCn2c1nc1ccccc12. The second-order valence-corrected chi connectivity index (χ2v) is 6.01. The molecular formula is C16H11N5OS. The van der Waals surface area contributed by atoms with Crippen LogP contribution in [0.25, 0.3) is 22.1 Å². The van der Waals surface area contributed by atoms with Crippen LogP contribution in [0.1, 0.15) is 10.4 Å². The quantitative estimate of drug-likeness (QED) is 0.541. The summed E-state index contributed by atoms with van der Waals surface area (Å²) in [6, 6.07) is 13.4. The zero-order chi connectivity index (χ0) is 15.4. The average Bonchev–Trinajstić information content (AvgIpc) is 3.27. The zero-order valence-electron chi connectivity index (χ0n) is 12.0. The first-order chi connectivity index (χ1) is 11.3. The standard InChI is InChI=1S/C16H11N5OS/c22-15(10-5-6-11-13(9-10)19-23-18-11)21-8-7-20-14-4-2-1-3-12(14)17-16(20)21/h1-6,9H,7-8H2. The Kier molecular flexibility index (Phi) is 2.54. The highest BCUT2D eigenvalue weighted by Crippen LogP contribution is 2.28. The van der Waals surface area contributed by atoms with Gasteiger partial charge in [-0.1, -0.05) is 12.1 Å². The molecule has 23 heavy (non-hydrogen) atoms. The minimum atomic E-state index is -0.0473. The van der Waals surface area contributed by atoms with E-state index in [2.05, 4.69) is 18.3 Å². The van der Waals surface area contributed by atoms with E-state index < -0.39 is 0 Å². The lowest BCUT2D eigenvalue weighted by atomic mass is 10.2. The number of carbonyl (C=O) groups is 1. The Morgan fingerprint density at radius 1 is 1.00 bits per heavy atom. The summed E-state index contributed by atoms with van der Waals surface area (Å²) in [4.78, 5) is 19.2. The number of para-hydroxylation sites is 2. The van der Waals surface area contributed by atoms with Crippen molar-refractivity contribution in [1.82, 2.24) is 18.3 Å². The molecule has 0 bridgehead atoms. The number of benzene rings is 2. The lowest BCUT2D eigenvalue weighted by Gasteiger charge is -2.13. The van der Waals surface area contributed by atoms with Crippen molar-refractivity contribution in [3.63, 3.8) is 0 Å². The van der Waals surface area contributed by atoms with Gasteiger partial charge in [0.05, 0.1) is 22.8 Å². The number of anilines is 1. The molecular weight excluding hydrogens is 310 g/mol. The molecule has 7 heteroatoms. The molecule has 5 rings (SSSR count). The van der Waals surface area contributed by atoms with E-state index in [4.69, 9.17) is 0 Å². The average molecular weight is 321 g/mol. The molecule has 0 spiro atoms. The Labute approximate surface area is 135 Å². The van der Waals surface area contributed by atoms with Crippen molar-refractivity contribution in [3.05, 3.63) is 48.0 Å². The minimum absolute atomic E-state index is 0.0473. The molecule has 112 valence electrons. The predicted molar refractivity (Wildman–Crippen MR) is 88.8 cm³/mol. The molecule has 4 aromatic rings. The van der Waals surface area contributed by atoms with E-state index in [0.29, 0.717) is 18.1 Å². The molecule has 1 aliphatic rings. The molecule has 0 unspecified atom stereocenters. The summed E-state index contributed by atoms with van der Waals surface area (Å²) in [5, 5.41) is 0. The van der Waals surface area contributed by atoms with Crippen molar-refractivity contribution in [3.8, 4) is 0 Å².